The molecule has 1 aliphatic heterocycles. The molecule has 5 rings (SSSR count). The third-order valence-electron chi connectivity index (χ3n) is 7.88. The number of rotatable bonds is 8. The Bertz CT molecular complexity index is 1810. The number of ether oxygens (including phenoxy) is 2. The minimum absolute atomic E-state index is 0.104. The molecule has 0 bridgehead atoms. The second kappa shape index (κ2) is 11.0. The number of benzene rings is 3. The quantitative estimate of drug-likeness (QED) is 0.117. The number of carbonyl (C=O) groups excluding carboxylic acids is 2. The van der Waals surface area contributed by atoms with Gasteiger partial charge in [-0.05, 0) is 88.2 Å². The molecule has 230 valence electrons. The highest BCUT2D eigenvalue weighted by Gasteiger charge is 2.42. The number of nitrogens with two attached hydrogens (primary N) is 2. The lowest BCUT2D eigenvalue weighted by atomic mass is 9.81. The van der Waals surface area contributed by atoms with Gasteiger partial charge in [0.05, 0.1) is 28.1 Å². The minimum Gasteiger partial charge on any atom is -0.507 e. The van der Waals surface area contributed by atoms with E-state index in [1.54, 1.807) is 77.1 Å². The van der Waals surface area contributed by atoms with Crippen LogP contribution in [0.1, 0.15) is 51.3 Å². The number of hydrogen-bond acceptors (Lipinski definition) is 8. The van der Waals surface area contributed by atoms with Gasteiger partial charge in [-0.2, -0.15) is 0 Å². The Morgan fingerprint density at radius 3 is 2.39 bits per heavy atom. The molecule has 2 amide bonds. The zero-order valence-electron chi connectivity index (χ0n) is 25.1. The summed E-state index contributed by atoms with van der Waals surface area (Å²) in [5.74, 6) is -1.95. The fraction of sp³-hybridized carbons (Fsp3) is 0.312. The van der Waals surface area contributed by atoms with Crippen LogP contribution < -0.4 is 16.8 Å². The topological polar surface area (TPSA) is 210 Å². The summed E-state index contributed by atoms with van der Waals surface area (Å²) in [5.41, 5.74) is 13.8. The molecule has 0 radical (unpaired) electrons. The lowest BCUT2D eigenvalue weighted by Gasteiger charge is -2.24. The second-order valence-corrected chi connectivity index (χ2v) is 12.0. The van der Waals surface area contributed by atoms with Crippen LogP contribution in [0.25, 0.3) is 33.5 Å². The first kappa shape index (κ1) is 30.5. The van der Waals surface area contributed by atoms with Crippen molar-refractivity contribution < 1.29 is 29.3 Å². The van der Waals surface area contributed by atoms with E-state index in [0.717, 1.165) is 0 Å². The molecular formula is C32H36N6O6. The van der Waals surface area contributed by atoms with Gasteiger partial charge in [0.2, 0.25) is 5.91 Å². The summed E-state index contributed by atoms with van der Waals surface area (Å²) < 4.78 is 11.4. The van der Waals surface area contributed by atoms with E-state index in [9.17, 15) is 19.8 Å². The third kappa shape index (κ3) is 5.69. The van der Waals surface area contributed by atoms with Crippen molar-refractivity contribution >= 4 is 28.7 Å². The SMILES string of the molecule is C[C@H]1OC(C)(C)O[C@@H]1C(=O)NCc1ccc(O)c(-c2cc(C(C)(C)C(N)=O)cc(-c3nc4ccc(C(=N)N)cc4[nH]3)c2O)c1. The van der Waals surface area contributed by atoms with Crippen molar-refractivity contribution in [1.29, 1.82) is 5.41 Å². The van der Waals surface area contributed by atoms with Gasteiger partial charge < -0.3 is 41.5 Å². The van der Waals surface area contributed by atoms with Crippen molar-refractivity contribution in [2.24, 2.45) is 11.5 Å². The number of hydrogen-bond donors (Lipinski definition) is 7. The normalized spacial score (nSPS) is 17.9. The van der Waals surface area contributed by atoms with Gasteiger partial charge in [-0.25, -0.2) is 4.98 Å². The van der Waals surface area contributed by atoms with Gasteiger partial charge in [0.25, 0.3) is 5.91 Å². The Labute approximate surface area is 253 Å². The highest BCUT2D eigenvalue weighted by atomic mass is 16.8. The van der Waals surface area contributed by atoms with E-state index >= 15 is 0 Å². The number of amidine groups is 1. The van der Waals surface area contributed by atoms with E-state index in [2.05, 4.69) is 15.3 Å². The van der Waals surface area contributed by atoms with Crippen molar-refractivity contribution in [2.75, 3.05) is 0 Å². The minimum atomic E-state index is -1.15. The van der Waals surface area contributed by atoms with E-state index < -0.39 is 29.3 Å². The zero-order chi connectivity index (χ0) is 32.1. The van der Waals surface area contributed by atoms with Crippen LogP contribution in [0.3, 0.4) is 0 Å². The van der Waals surface area contributed by atoms with Gasteiger partial charge in [-0.1, -0.05) is 6.07 Å². The molecule has 12 nitrogen and oxygen atoms in total. The molecule has 9 N–H and O–H groups in total. The van der Waals surface area contributed by atoms with E-state index in [4.69, 9.17) is 26.4 Å². The zero-order valence-corrected chi connectivity index (χ0v) is 25.1. The number of aromatic amines is 1. The number of carbonyl (C=O) groups is 2. The van der Waals surface area contributed by atoms with Crippen LogP contribution in [0.2, 0.25) is 0 Å². The molecule has 1 aliphatic rings. The predicted octanol–water partition coefficient (Wildman–Crippen LogP) is 3.51. The van der Waals surface area contributed by atoms with Crippen LogP contribution in [-0.4, -0.2) is 55.8 Å². The molecule has 3 aromatic carbocycles. The summed E-state index contributed by atoms with van der Waals surface area (Å²) in [7, 11) is 0. The number of imidazole rings is 1. The van der Waals surface area contributed by atoms with Gasteiger partial charge in [0, 0.05) is 23.2 Å². The van der Waals surface area contributed by atoms with Gasteiger partial charge in [-0.3, -0.25) is 15.0 Å². The fourth-order valence-electron chi connectivity index (χ4n) is 5.23. The van der Waals surface area contributed by atoms with E-state index in [-0.39, 0.29) is 46.5 Å². The number of H-pyrrole nitrogens is 1. The third-order valence-corrected chi connectivity index (χ3v) is 7.88. The number of phenolic OH excluding ortho intramolecular Hbond substituents is 2. The number of primary amides is 1. The fourth-order valence-corrected chi connectivity index (χ4v) is 5.23. The molecule has 12 heteroatoms. The summed E-state index contributed by atoms with van der Waals surface area (Å²) in [6.07, 6.45) is -1.21. The average molecular weight is 601 g/mol. The van der Waals surface area contributed by atoms with Crippen molar-refractivity contribution in [1.82, 2.24) is 15.3 Å². The Hall–Kier alpha value is -4.94. The number of aromatic nitrogens is 2. The van der Waals surface area contributed by atoms with Crippen LogP contribution >= 0.6 is 0 Å². The second-order valence-electron chi connectivity index (χ2n) is 12.0. The van der Waals surface area contributed by atoms with E-state index in [1.807, 2.05) is 0 Å². The Morgan fingerprint density at radius 2 is 1.75 bits per heavy atom. The maximum absolute atomic E-state index is 12.9. The lowest BCUT2D eigenvalue weighted by molar-refractivity contribution is -0.155. The first-order valence-electron chi connectivity index (χ1n) is 14.0. The van der Waals surface area contributed by atoms with Crippen LogP contribution in [-0.2, 0) is 31.0 Å². The molecule has 1 saturated heterocycles. The molecule has 0 spiro atoms. The molecule has 0 aliphatic carbocycles. The summed E-state index contributed by atoms with van der Waals surface area (Å²) in [4.78, 5) is 33.1. The van der Waals surface area contributed by atoms with E-state index in [0.29, 0.717) is 33.5 Å². The Kier molecular flexibility index (Phi) is 7.60. The highest BCUT2D eigenvalue weighted by molar-refractivity contribution is 5.98. The summed E-state index contributed by atoms with van der Waals surface area (Å²) in [6.45, 7) is 8.69. The number of nitrogens with one attached hydrogen (secondary N) is 3. The van der Waals surface area contributed by atoms with Crippen LogP contribution in [0, 0.1) is 5.41 Å². The molecule has 0 saturated carbocycles. The first-order chi connectivity index (χ1) is 20.6. The van der Waals surface area contributed by atoms with Crippen LogP contribution in [0.5, 0.6) is 11.5 Å². The predicted molar refractivity (Wildman–Crippen MR) is 165 cm³/mol. The molecule has 2 heterocycles. The van der Waals surface area contributed by atoms with Crippen LogP contribution in [0.4, 0.5) is 0 Å². The molecule has 1 fully saturated rings. The van der Waals surface area contributed by atoms with E-state index in [1.165, 1.54) is 6.07 Å². The van der Waals surface area contributed by atoms with Crippen molar-refractivity contribution in [2.45, 2.75) is 64.6 Å². The molecule has 4 aromatic rings. The van der Waals surface area contributed by atoms with Crippen LogP contribution in [0.15, 0.2) is 48.5 Å². The summed E-state index contributed by atoms with van der Waals surface area (Å²) in [5, 5.41) is 33.1. The maximum atomic E-state index is 12.9. The number of nitrogen functional groups attached to an aromatic ring is 1. The number of nitrogens with zero attached hydrogens (tertiary/aromatic N) is 1. The standard InChI is InChI=1S/C32H36N6O6/c1-15-26(44-32(4,5)43-15)29(41)36-14-16-6-9-24(39)19(10-16)20-12-18(31(2,3)30(35)42)13-21(25(20)40)28-37-22-8-7-17(27(33)34)11-23(22)38-28/h6-13,15,26,39-40H,14H2,1-5H3,(H3,33,34)(H2,35,42)(H,36,41)(H,37,38)/t15-,26+/m1/s1. The van der Waals surface area contributed by atoms with Gasteiger partial charge in [0.1, 0.15) is 23.2 Å². The molecular weight excluding hydrogens is 564 g/mol. The number of fused-ring (bicyclic) bond motifs is 1. The lowest BCUT2D eigenvalue weighted by Crippen LogP contribution is -2.39. The van der Waals surface area contributed by atoms with Crippen molar-refractivity contribution in [3.8, 4) is 34.0 Å². The van der Waals surface area contributed by atoms with Gasteiger partial charge >= 0.3 is 0 Å². The molecule has 2 atom stereocenters. The summed E-state index contributed by atoms with van der Waals surface area (Å²) in [6, 6.07) is 13.0. The Balaban J connectivity index is 1.56. The van der Waals surface area contributed by atoms with Gasteiger partial charge in [0.15, 0.2) is 11.9 Å². The highest BCUT2D eigenvalue weighted by Crippen LogP contribution is 2.44. The summed E-state index contributed by atoms with van der Waals surface area (Å²) >= 11 is 0. The largest absolute Gasteiger partial charge is 0.507 e. The maximum Gasteiger partial charge on any atom is 0.252 e. The van der Waals surface area contributed by atoms with Gasteiger partial charge in [-0.15, -0.1) is 0 Å². The Morgan fingerprint density at radius 1 is 1.05 bits per heavy atom. The molecule has 44 heavy (non-hydrogen) atoms. The number of phenols is 2. The molecule has 1 aromatic heterocycles. The molecule has 0 unspecified atom stereocenters. The number of amides is 2. The van der Waals surface area contributed by atoms with Crippen molar-refractivity contribution in [3.63, 3.8) is 0 Å². The first-order valence-corrected chi connectivity index (χ1v) is 14.0. The smallest absolute Gasteiger partial charge is 0.252 e. The average Bonchev–Trinajstić information content (AvgIpc) is 3.50. The monoisotopic (exact) mass is 600 g/mol. The number of aromatic hydroxyl groups is 2. The van der Waals surface area contributed by atoms with Crippen molar-refractivity contribution in [3.05, 3.63) is 65.2 Å².